The zero-order valence-electron chi connectivity index (χ0n) is 11.1. The van der Waals surface area contributed by atoms with Gasteiger partial charge in [0.05, 0.1) is 5.54 Å². The van der Waals surface area contributed by atoms with E-state index in [4.69, 9.17) is 5.73 Å². The van der Waals surface area contributed by atoms with Gasteiger partial charge in [-0.05, 0) is 6.07 Å². The van der Waals surface area contributed by atoms with E-state index in [0.29, 0.717) is 0 Å². The molecule has 2 rings (SSSR count). The van der Waals surface area contributed by atoms with E-state index in [1.807, 2.05) is 0 Å². The Bertz CT molecular complexity index is 526. The highest BCUT2D eigenvalue weighted by Crippen LogP contribution is 2.52. The molecule has 118 valence electrons. The Hall–Kier alpha value is -1.21. The first-order valence-corrected chi connectivity index (χ1v) is 6.44. The fraction of sp³-hybridized carbons (Fsp3) is 0.571. The molecule has 3 N–H and O–H groups in total. The molecule has 0 bridgehead atoms. The van der Waals surface area contributed by atoms with Gasteiger partial charge in [0.1, 0.15) is 24.8 Å². The van der Waals surface area contributed by atoms with Crippen LogP contribution in [-0.4, -0.2) is 30.0 Å². The molecule has 1 aliphatic rings. The number of nitrogens with two attached hydrogens (primary N) is 1. The quantitative estimate of drug-likeness (QED) is 0.840. The summed E-state index contributed by atoms with van der Waals surface area (Å²) in [6, 6.07) is 4.87. The monoisotopic (exact) mass is 309 g/mol. The molecule has 0 heterocycles. The molecule has 7 heteroatoms. The third kappa shape index (κ3) is 2.64. The van der Waals surface area contributed by atoms with Crippen molar-refractivity contribution in [2.45, 2.75) is 29.9 Å². The zero-order valence-corrected chi connectivity index (χ0v) is 11.1. The molecule has 1 aromatic rings. The van der Waals surface area contributed by atoms with Gasteiger partial charge in [0.25, 0.3) is 5.92 Å². The highest BCUT2D eigenvalue weighted by Gasteiger charge is 2.62. The van der Waals surface area contributed by atoms with Crippen molar-refractivity contribution in [2.75, 3.05) is 13.3 Å². The van der Waals surface area contributed by atoms with E-state index < -0.39 is 55.0 Å². The van der Waals surface area contributed by atoms with E-state index in [0.717, 1.165) is 12.1 Å². The Labute approximate surface area is 118 Å². The molecule has 1 saturated carbocycles. The van der Waals surface area contributed by atoms with Crippen LogP contribution < -0.4 is 5.73 Å². The third-order valence-electron chi connectivity index (χ3n) is 4.17. The number of benzene rings is 1. The highest BCUT2D eigenvalue weighted by molar-refractivity contribution is 5.29. The van der Waals surface area contributed by atoms with Gasteiger partial charge in [-0.25, -0.2) is 22.0 Å². The minimum absolute atomic E-state index is 0.345. The Morgan fingerprint density at radius 2 is 1.90 bits per heavy atom. The van der Waals surface area contributed by atoms with Crippen molar-refractivity contribution in [2.24, 2.45) is 11.7 Å². The molecule has 0 aromatic heterocycles. The van der Waals surface area contributed by atoms with E-state index >= 15 is 0 Å². The summed E-state index contributed by atoms with van der Waals surface area (Å²) in [6.45, 7) is -2.89. The summed E-state index contributed by atoms with van der Waals surface area (Å²) in [7, 11) is 0. The Morgan fingerprint density at radius 1 is 1.29 bits per heavy atom. The molecule has 0 saturated heterocycles. The average molecular weight is 309 g/mol. The van der Waals surface area contributed by atoms with Gasteiger partial charge in [0.15, 0.2) is 0 Å². The van der Waals surface area contributed by atoms with Crippen molar-refractivity contribution in [1.82, 2.24) is 0 Å². The van der Waals surface area contributed by atoms with Crippen LogP contribution in [0.1, 0.15) is 18.4 Å². The third-order valence-corrected chi connectivity index (χ3v) is 4.17. The van der Waals surface area contributed by atoms with Gasteiger partial charge in [-0.1, -0.05) is 18.2 Å². The van der Waals surface area contributed by atoms with Crippen molar-refractivity contribution in [3.05, 3.63) is 35.6 Å². The topological polar surface area (TPSA) is 46.2 Å². The van der Waals surface area contributed by atoms with E-state index in [-0.39, 0.29) is 5.56 Å². The summed E-state index contributed by atoms with van der Waals surface area (Å²) in [5.74, 6) is -5.89. The lowest BCUT2D eigenvalue weighted by atomic mass is 9.72. The van der Waals surface area contributed by atoms with Crippen molar-refractivity contribution in [1.29, 1.82) is 0 Å². The maximum Gasteiger partial charge on any atom is 0.251 e. The maximum atomic E-state index is 13.9. The molecule has 21 heavy (non-hydrogen) atoms. The largest absolute Gasteiger partial charge is 0.387 e. The first kappa shape index (κ1) is 16.2. The number of hydrogen-bond acceptors (Lipinski definition) is 2. The summed E-state index contributed by atoms with van der Waals surface area (Å²) >= 11 is 0. The van der Waals surface area contributed by atoms with Crippen LogP contribution >= 0.6 is 0 Å². The molecule has 2 nitrogen and oxygen atoms in total. The molecule has 1 aliphatic carbocycles. The molecule has 1 aromatic carbocycles. The highest BCUT2D eigenvalue weighted by atomic mass is 19.3. The maximum absolute atomic E-state index is 13.9. The van der Waals surface area contributed by atoms with E-state index in [1.165, 1.54) is 12.1 Å². The molecule has 1 fully saturated rings. The molecule has 0 radical (unpaired) electrons. The lowest BCUT2D eigenvalue weighted by Crippen LogP contribution is -2.55. The van der Waals surface area contributed by atoms with Crippen LogP contribution in [0.4, 0.5) is 22.0 Å². The minimum atomic E-state index is -3.38. The standard InChI is InChI=1S/C14H16F5NO/c15-7-12(21)6-13(18,19)5-11(12)14(20,8-16)9-3-1-2-4-10(9)17/h1-4,11,21H,5-8,20H2. The van der Waals surface area contributed by atoms with E-state index in [9.17, 15) is 27.1 Å². The van der Waals surface area contributed by atoms with Crippen molar-refractivity contribution in [3.8, 4) is 0 Å². The molecular weight excluding hydrogens is 293 g/mol. The summed E-state index contributed by atoms with van der Waals surface area (Å²) in [5, 5.41) is 10.1. The van der Waals surface area contributed by atoms with Crippen molar-refractivity contribution >= 4 is 0 Å². The second-order valence-corrected chi connectivity index (χ2v) is 5.68. The summed E-state index contributed by atoms with van der Waals surface area (Å²) < 4.78 is 67.6. The average Bonchev–Trinajstić information content (AvgIpc) is 2.69. The van der Waals surface area contributed by atoms with Crippen molar-refractivity contribution in [3.63, 3.8) is 0 Å². The smallest absolute Gasteiger partial charge is 0.251 e. The normalized spacial score (nSPS) is 31.1. The number of hydrogen-bond donors (Lipinski definition) is 2. The minimum Gasteiger partial charge on any atom is -0.387 e. The second kappa shape index (κ2) is 5.21. The number of halogens is 5. The van der Waals surface area contributed by atoms with Gasteiger partial charge < -0.3 is 10.8 Å². The number of alkyl halides is 4. The SMILES string of the molecule is NC(CF)(c1ccccc1F)C1CC(F)(F)CC1(O)CF. The zero-order chi connectivity index (χ0) is 15.9. The van der Waals surface area contributed by atoms with Gasteiger partial charge in [-0.2, -0.15) is 0 Å². The van der Waals surface area contributed by atoms with Crippen molar-refractivity contribution < 1.29 is 27.1 Å². The Kier molecular flexibility index (Phi) is 4.01. The Balaban J connectivity index is 2.52. The lowest BCUT2D eigenvalue weighted by Gasteiger charge is -2.40. The number of rotatable bonds is 4. The van der Waals surface area contributed by atoms with Gasteiger partial charge >= 0.3 is 0 Å². The van der Waals surface area contributed by atoms with Crippen LogP contribution in [0, 0.1) is 11.7 Å². The molecule has 3 atom stereocenters. The molecular formula is C14H16F5NO. The number of aliphatic hydroxyl groups is 1. The lowest BCUT2D eigenvalue weighted by molar-refractivity contribution is -0.0653. The van der Waals surface area contributed by atoms with E-state index in [2.05, 4.69) is 0 Å². The first-order chi connectivity index (χ1) is 9.68. The van der Waals surface area contributed by atoms with Gasteiger partial charge in [-0.15, -0.1) is 0 Å². The van der Waals surface area contributed by atoms with Crippen LogP contribution in [0.5, 0.6) is 0 Å². The molecule has 0 spiro atoms. The van der Waals surface area contributed by atoms with Crippen LogP contribution in [0.25, 0.3) is 0 Å². The molecule has 0 aliphatic heterocycles. The van der Waals surface area contributed by atoms with Gasteiger partial charge in [-0.3, -0.25) is 0 Å². The van der Waals surface area contributed by atoms with Crippen LogP contribution in [-0.2, 0) is 5.54 Å². The Morgan fingerprint density at radius 3 is 2.43 bits per heavy atom. The van der Waals surface area contributed by atoms with Gasteiger partial charge in [0, 0.05) is 24.3 Å². The fourth-order valence-electron chi connectivity index (χ4n) is 3.13. The first-order valence-electron chi connectivity index (χ1n) is 6.44. The fourth-order valence-corrected chi connectivity index (χ4v) is 3.13. The predicted octanol–water partition coefficient (Wildman–Crippen LogP) is 2.70. The second-order valence-electron chi connectivity index (χ2n) is 5.68. The van der Waals surface area contributed by atoms with Crippen LogP contribution in [0.3, 0.4) is 0 Å². The molecule has 3 unspecified atom stereocenters. The summed E-state index contributed by atoms with van der Waals surface area (Å²) in [6.07, 6.45) is -2.16. The van der Waals surface area contributed by atoms with Gasteiger partial charge in [0.2, 0.25) is 0 Å². The summed E-state index contributed by atoms with van der Waals surface area (Å²) in [4.78, 5) is 0. The summed E-state index contributed by atoms with van der Waals surface area (Å²) in [5.41, 5.74) is 0.781. The molecule has 0 amide bonds. The van der Waals surface area contributed by atoms with Crippen LogP contribution in [0.15, 0.2) is 24.3 Å². The van der Waals surface area contributed by atoms with E-state index in [1.54, 1.807) is 0 Å². The predicted molar refractivity (Wildman–Crippen MR) is 66.8 cm³/mol. The van der Waals surface area contributed by atoms with Crippen LogP contribution in [0.2, 0.25) is 0 Å².